The van der Waals surface area contributed by atoms with Crippen molar-refractivity contribution in [1.82, 2.24) is 0 Å². The summed E-state index contributed by atoms with van der Waals surface area (Å²) < 4.78 is 0. The minimum Gasteiger partial charge on any atom is -0.388 e. The number of rotatable bonds is 4. The molecule has 0 aliphatic carbocycles. The Bertz CT molecular complexity index is 505. The van der Waals surface area contributed by atoms with Crippen molar-refractivity contribution >= 4 is 11.6 Å². The van der Waals surface area contributed by atoms with E-state index in [0.717, 1.165) is 17.5 Å². The van der Waals surface area contributed by atoms with E-state index in [9.17, 15) is 5.11 Å². The Kier molecular flexibility index (Phi) is 4.40. The number of benzene rings is 2. The van der Waals surface area contributed by atoms with Crippen LogP contribution < -0.4 is 0 Å². The highest BCUT2D eigenvalue weighted by Gasteiger charge is 2.10. The van der Waals surface area contributed by atoms with Crippen LogP contribution in [0, 0.1) is 0 Å². The molecule has 0 heterocycles. The lowest BCUT2D eigenvalue weighted by molar-refractivity contribution is 0.178. The fourth-order valence-corrected chi connectivity index (χ4v) is 2.18. The Morgan fingerprint density at radius 3 is 2.33 bits per heavy atom. The molecule has 18 heavy (non-hydrogen) atoms. The number of hydrogen-bond donors (Lipinski definition) is 1. The Morgan fingerprint density at radius 1 is 1.06 bits per heavy atom. The summed E-state index contributed by atoms with van der Waals surface area (Å²) in [6, 6.07) is 15.7. The average molecular weight is 261 g/mol. The molecule has 1 atom stereocenters. The Balaban J connectivity index is 2.11. The van der Waals surface area contributed by atoms with Gasteiger partial charge in [0.2, 0.25) is 0 Å². The molecule has 0 bridgehead atoms. The second-order valence-electron chi connectivity index (χ2n) is 4.41. The summed E-state index contributed by atoms with van der Waals surface area (Å²) in [5, 5.41) is 10.9. The maximum atomic E-state index is 10.2. The minimum absolute atomic E-state index is 0.504. The molecule has 0 fully saturated rings. The van der Waals surface area contributed by atoms with Gasteiger partial charge in [0, 0.05) is 11.4 Å². The summed E-state index contributed by atoms with van der Waals surface area (Å²) in [4.78, 5) is 0. The molecule has 0 spiro atoms. The fraction of sp³-hybridized carbons (Fsp3) is 0.250. The summed E-state index contributed by atoms with van der Waals surface area (Å²) in [6.45, 7) is 2.12. The lowest BCUT2D eigenvalue weighted by Gasteiger charge is -2.12. The molecule has 0 aliphatic rings. The lowest BCUT2D eigenvalue weighted by atomic mass is 10.00. The number of aliphatic hydroxyl groups excluding tert-OH is 1. The third-order valence-electron chi connectivity index (χ3n) is 3.14. The first-order chi connectivity index (χ1) is 8.70. The Labute approximate surface area is 113 Å². The van der Waals surface area contributed by atoms with Crippen LogP contribution in [0.5, 0.6) is 0 Å². The van der Waals surface area contributed by atoms with Gasteiger partial charge in [0.15, 0.2) is 0 Å². The van der Waals surface area contributed by atoms with E-state index < -0.39 is 6.10 Å². The van der Waals surface area contributed by atoms with E-state index in [2.05, 4.69) is 19.1 Å². The van der Waals surface area contributed by atoms with Gasteiger partial charge in [0.25, 0.3) is 0 Å². The van der Waals surface area contributed by atoms with Gasteiger partial charge in [0.05, 0.1) is 6.10 Å². The molecule has 94 valence electrons. The van der Waals surface area contributed by atoms with Gasteiger partial charge in [-0.25, -0.2) is 0 Å². The molecule has 0 amide bonds. The summed E-state index contributed by atoms with van der Waals surface area (Å²) in [7, 11) is 0. The smallest absolute Gasteiger partial charge is 0.0830 e. The van der Waals surface area contributed by atoms with Gasteiger partial charge in [0.1, 0.15) is 0 Å². The van der Waals surface area contributed by atoms with Crippen LogP contribution in [-0.2, 0) is 12.8 Å². The Hall–Kier alpha value is -1.31. The predicted octanol–water partition coefficient (Wildman–Crippen LogP) is 4.18. The molecule has 0 radical (unpaired) electrons. The summed E-state index contributed by atoms with van der Waals surface area (Å²) in [5.41, 5.74) is 3.20. The average Bonchev–Trinajstić information content (AvgIpc) is 2.41. The van der Waals surface area contributed by atoms with Crippen molar-refractivity contribution in [2.24, 2.45) is 0 Å². The van der Waals surface area contributed by atoms with Crippen LogP contribution in [0.15, 0.2) is 48.5 Å². The maximum Gasteiger partial charge on any atom is 0.0830 e. The van der Waals surface area contributed by atoms with Crippen molar-refractivity contribution in [3.8, 4) is 0 Å². The molecular weight excluding hydrogens is 244 g/mol. The van der Waals surface area contributed by atoms with Crippen molar-refractivity contribution in [2.75, 3.05) is 0 Å². The summed E-state index contributed by atoms with van der Waals surface area (Å²) in [6.07, 6.45) is 1.06. The van der Waals surface area contributed by atoms with E-state index >= 15 is 0 Å². The van der Waals surface area contributed by atoms with Gasteiger partial charge >= 0.3 is 0 Å². The largest absolute Gasteiger partial charge is 0.388 e. The zero-order valence-electron chi connectivity index (χ0n) is 10.4. The molecule has 2 aromatic carbocycles. The maximum absolute atomic E-state index is 10.2. The van der Waals surface area contributed by atoms with Crippen LogP contribution >= 0.6 is 11.6 Å². The predicted molar refractivity (Wildman–Crippen MR) is 75.9 cm³/mol. The van der Waals surface area contributed by atoms with Crippen molar-refractivity contribution < 1.29 is 5.11 Å². The quantitative estimate of drug-likeness (QED) is 0.874. The van der Waals surface area contributed by atoms with Crippen LogP contribution in [0.25, 0.3) is 0 Å². The first-order valence-electron chi connectivity index (χ1n) is 6.21. The van der Waals surface area contributed by atoms with Gasteiger partial charge in [-0.05, 0) is 29.2 Å². The van der Waals surface area contributed by atoms with Crippen molar-refractivity contribution in [3.05, 3.63) is 70.2 Å². The van der Waals surface area contributed by atoms with E-state index in [1.54, 1.807) is 0 Å². The van der Waals surface area contributed by atoms with E-state index in [1.807, 2.05) is 36.4 Å². The van der Waals surface area contributed by atoms with E-state index in [4.69, 9.17) is 11.6 Å². The topological polar surface area (TPSA) is 20.2 Å². The normalized spacial score (nSPS) is 12.4. The van der Waals surface area contributed by atoms with Gasteiger partial charge in [-0.15, -0.1) is 0 Å². The molecule has 2 aromatic rings. The zero-order valence-corrected chi connectivity index (χ0v) is 11.2. The molecule has 0 aromatic heterocycles. The van der Waals surface area contributed by atoms with Gasteiger partial charge < -0.3 is 5.11 Å². The zero-order chi connectivity index (χ0) is 13.0. The van der Waals surface area contributed by atoms with E-state index in [1.165, 1.54) is 5.56 Å². The molecule has 1 unspecified atom stereocenters. The van der Waals surface area contributed by atoms with Gasteiger partial charge in [-0.3, -0.25) is 0 Å². The first kappa shape index (κ1) is 13.1. The van der Waals surface area contributed by atoms with Gasteiger partial charge in [-0.2, -0.15) is 0 Å². The molecular formula is C16H17ClO. The molecule has 0 saturated carbocycles. The molecule has 1 N–H and O–H groups in total. The van der Waals surface area contributed by atoms with Crippen molar-refractivity contribution in [2.45, 2.75) is 25.9 Å². The lowest BCUT2D eigenvalue weighted by Crippen LogP contribution is -2.02. The number of hydrogen-bond acceptors (Lipinski definition) is 1. The second-order valence-corrected chi connectivity index (χ2v) is 4.81. The van der Waals surface area contributed by atoms with Crippen molar-refractivity contribution in [3.63, 3.8) is 0 Å². The van der Waals surface area contributed by atoms with Crippen LogP contribution in [-0.4, -0.2) is 5.11 Å². The fourth-order valence-electron chi connectivity index (χ4n) is 1.97. The van der Waals surface area contributed by atoms with Crippen LogP contribution in [0.3, 0.4) is 0 Å². The van der Waals surface area contributed by atoms with Crippen LogP contribution in [0.4, 0.5) is 0 Å². The molecule has 0 saturated heterocycles. The molecule has 1 nitrogen and oxygen atoms in total. The highest BCUT2D eigenvalue weighted by molar-refractivity contribution is 6.31. The highest BCUT2D eigenvalue weighted by atomic mass is 35.5. The third-order valence-corrected chi connectivity index (χ3v) is 3.51. The van der Waals surface area contributed by atoms with E-state index in [0.29, 0.717) is 11.4 Å². The Morgan fingerprint density at radius 2 is 1.72 bits per heavy atom. The molecule has 2 heteroatoms. The monoisotopic (exact) mass is 260 g/mol. The first-order valence-corrected chi connectivity index (χ1v) is 6.59. The number of halogens is 1. The number of aryl methyl sites for hydroxylation is 1. The molecule has 0 aliphatic heterocycles. The molecule has 2 rings (SSSR count). The summed E-state index contributed by atoms with van der Waals surface area (Å²) in [5.74, 6) is 0. The summed E-state index contributed by atoms with van der Waals surface area (Å²) >= 11 is 6.09. The third kappa shape index (κ3) is 3.12. The number of aliphatic hydroxyl groups is 1. The SMILES string of the molecule is CCc1ccc(C(O)Cc2ccccc2Cl)cc1. The van der Waals surface area contributed by atoms with Crippen molar-refractivity contribution in [1.29, 1.82) is 0 Å². The minimum atomic E-state index is -0.504. The second kappa shape index (κ2) is 6.03. The highest BCUT2D eigenvalue weighted by Crippen LogP contribution is 2.23. The standard InChI is InChI=1S/C16H17ClO/c1-2-12-7-9-13(10-8-12)16(18)11-14-5-3-4-6-15(14)17/h3-10,16,18H,2,11H2,1H3. The van der Waals surface area contributed by atoms with Crippen LogP contribution in [0.2, 0.25) is 5.02 Å². The van der Waals surface area contributed by atoms with Gasteiger partial charge in [-0.1, -0.05) is 61.0 Å². The van der Waals surface area contributed by atoms with E-state index in [-0.39, 0.29) is 0 Å². The van der Waals surface area contributed by atoms with Crippen LogP contribution in [0.1, 0.15) is 29.7 Å².